The maximum atomic E-state index is 11.9. The van der Waals surface area contributed by atoms with Crippen LogP contribution in [0.3, 0.4) is 0 Å². The second-order valence-electron chi connectivity index (χ2n) is 10.7. The summed E-state index contributed by atoms with van der Waals surface area (Å²) in [6.07, 6.45) is 2.61. The predicted octanol–water partition coefficient (Wildman–Crippen LogP) is 7.82. The zero-order valence-corrected chi connectivity index (χ0v) is 23.6. The van der Waals surface area contributed by atoms with Crippen LogP contribution in [0.15, 0.2) is 36.4 Å². The van der Waals surface area contributed by atoms with E-state index < -0.39 is 5.41 Å². The molecule has 0 fully saturated rings. The van der Waals surface area contributed by atoms with Gasteiger partial charge in [0.05, 0.1) is 10.8 Å². The number of hydrogen-bond donors (Lipinski definition) is 0. The predicted molar refractivity (Wildman–Crippen MR) is 144 cm³/mol. The summed E-state index contributed by atoms with van der Waals surface area (Å²) in [6, 6.07) is 12.4. The quantitative estimate of drug-likeness (QED) is 0.342. The summed E-state index contributed by atoms with van der Waals surface area (Å²) in [5.41, 5.74) is 6.43. The van der Waals surface area contributed by atoms with E-state index in [-0.39, 0.29) is 17.4 Å². The Bertz CT molecular complexity index is 945. The van der Waals surface area contributed by atoms with Crippen LogP contribution < -0.4 is 0 Å². The maximum Gasteiger partial charge on any atom is 0.311 e. The largest absolute Gasteiger partial charge is 0.460 e. The number of hydrogen-bond acceptors (Lipinski definition) is 4. The fourth-order valence-electron chi connectivity index (χ4n) is 3.06. The molecular formula is C31H46O4. The lowest BCUT2D eigenvalue weighted by atomic mass is 9.91. The monoisotopic (exact) mass is 482 g/mol. The Morgan fingerprint density at radius 3 is 1.40 bits per heavy atom. The molecule has 2 rings (SSSR count). The third-order valence-corrected chi connectivity index (χ3v) is 7.03. The lowest BCUT2D eigenvalue weighted by Crippen LogP contribution is -2.25. The average molecular weight is 483 g/mol. The molecule has 194 valence electrons. The summed E-state index contributed by atoms with van der Waals surface area (Å²) < 4.78 is 10.7. The Balaban J connectivity index is 0.000000351. The Morgan fingerprint density at radius 1 is 0.657 bits per heavy atom. The molecule has 0 atom stereocenters. The van der Waals surface area contributed by atoms with E-state index in [1.165, 1.54) is 22.3 Å². The molecule has 0 unspecified atom stereocenters. The highest BCUT2D eigenvalue weighted by atomic mass is 16.5. The normalized spacial score (nSPS) is 11.4. The van der Waals surface area contributed by atoms with Crippen molar-refractivity contribution in [3.63, 3.8) is 0 Å². The first-order valence-corrected chi connectivity index (χ1v) is 12.8. The molecule has 0 radical (unpaired) electrons. The molecular weight excluding hydrogens is 436 g/mol. The number of esters is 2. The molecule has 0 aliphatic carbocycles. The van der Waals surface area contributed by atoms with Crippen LogP contribution in [0.5, 0.6) is 0 Å². The summed E-state index contributed by atoms with van der Waals surface area (Å²) in [5.74, 6) is -0.250. The van der Waals surface area contributed by atoms with Crippen molar-refractivity contribution in [3.8, 4) is 0 Å². The molecule has 0 amide bonds. The van der Waals surface area contributed by atoms with Crippen LogP contribution in [-0.2, 0) is 38.7 Å². The summed E-state index contributed by atoms with van der Waals surface area (Å²) in [5, 5.41) is 0. The van der Waals surface area contributed by atoms with Gasteiger partial charge in [-0.1, -0.05) is 57.2 Å². The third-order valence-electron chi connectivity index (χ3n) is 7.03. The van der Waals surface area contributed by atoms with Gasteiger partial charge in [-0.3, -0.25) is 9.59 Å². The van der Waals surface area contributed by atoms with E-state index >= 15 is 0 Å². The minimum absolute atomic E-state index is 0.124. The van der Waals surface area contributed by atoms with Gasteiger partial charge in [-0.2, -0.15) is 0 Å². The van der Waals surface area contributed by atoms with Crippen LogP contribution in [0, 0.1) is 31.6 Å². The summed E-state index contributed by atoms with van der Waals surface area (Å²) >= 11 is 0. The molecule has 4 heteroatoms. The second kappa shape index (κ2) is 13.5. The first-order chi connectivity index (χ1) is 16.3. The number of rotatable bonds is 9. The van der Waals surface area contributed by atoms with Crippen molar-refractivity contribution in [1.82, 2.24) is 0 Å². The van der Waals surface area contributed by atoms with Crippen LogP contribution >= 0.6 is 0 Å². The maximum absolute atomic E-state index is 11.9. The zero-order chi connectivity index (χ0) is 26.8. The Morgan fingerprint density at radius 2 is 1.03 bits per heavy atom. The highest BCUT2D eigenvalue weighted by Crippen LogP contribution is 2.23. The van der Waals surface area contributed by atoms with Crippen LogP contribution in [0.4, 0.5) is 0 Å². The van der Waals surface area contributed by atoms with Gasteiger partial charge in [-0.25, -0.2) is 0 Å². The van der Waals surface area contributed by atoms with Crippen LogP contribution in [0.25, 0.3) is 0 Å². The van der Waals surface area contributed by atoms with Crippen molar-refractivity contribution in [3.05, 3.63) is 69.8 Å². The fraction of sp³-hybridized carbons (Fsp3) is 0.548. The van der Waals surface area contributed by atoms with E-state index in [1.54, 1.807) is 0 Å². The first kappa shape index (κ1) is 30.4. The Kier molecular flexibility index (Phi) is 11.7. The van der Waals surface area contributed by atoms with E-state index in [9.17, 15) is 9.59 Å². The summed E-state index contributed by atoms with van der Waals surface area (Å²) in [6.45, 7) is 20.8. The molecule has 0 aliphatic heterocycles. The van der Waals surface area contributed by atoms with Crippen molar-refractivity contribution in [2.45, 2.75) is 102 Å². The van der Waals surface area contributed by atoms with Crippen molar-refractivity contribution < 1.29 is 19.1 Å². The zero-order valence-electron chi connectivity index (χ0n) is 23.6. The number of carbonyl (C=O) groups is 2. The minimum Gasteiger partial charge on any atom is -0.460 e. The lowest BCUT2D eigenvalue weighted by molar-refractivity contribution is -0.156. The molecule has 0 bridgehead atoms. The van der Waals surface area contributed by atoms with Gasteiger partial charge in [0.25, 0.3) is 0 Å². The smallest absolute Gasteiger partial charge is 0.311 e. The Hall–Kier alpha value is -2.62. The number of benzene rings is 2. The Labute approximate surface area is 213 Å². The van der Waals surface area contributed by atoms with Crippen molar-refractivity contribution in [2.24, 2.45) is 10.8 Å². The lowest BCUT2D eigenvalue weighted by Gasteiger charge is -2.20. The second-order valence-corrected chi connectivity index (χ2v) is 10.7. The molecule has 2 aromatic rings. The van der Waals surface area contributed by atoms with Gasteiger partial charge in [-0.15, -0.1) is 0 Å². The summed E-state index contributed by atoms with van der Waals surface area (Å²) in [4.78, 5) is 23.7. The van der Waals surface area contributed by atoms with E-state index in [1.807, 2.05) is 53.7 Å². The van der Waals surface area contributed by atoms with Crippen LogP contribution in [0.2, 0.25) is 0 Å². The van der Waals surface area contributed by atoms with Crippen molar-refractivity contribution in [1.29, 1.82) is 0 Å². The molecule has 35 heavy (non-hydrogen) atoms. The SMILES string of the molecule is CCC(C)(C)C(=O)OCc1cc(C)c(C)c(C)c1.CCc1ccc(COC(=O)C(C)(C)CC)cc1. The highest BCUT2D eigenvalue weighted by molar-refractivity contribution is 5.76. The van der Waals surface area contributed by atoms with Crippen LogP contribution in [0.1, 0.15) is 94.7 Å². The van der Waals surface area contributed by atoms with Crippen LogP contribution in [-0.4, -0.2) is 11.9 Å². The molecule has 2 aromatic carbocycles. The minimum atomic E-state index is -0.394. The fourth-order valence-corrected chi connectivity index (χ4v) is 3.06. The van der Waals surface area contributed by atoms with Gasteiger partial charge in [0, 0.05) is 0 Å². The molecule has 4 nitrogen and oxygen atoms in total. The molecule has 0 spiro atoms. The third kappa shape index (κ3) is 9.51. The molecule has 0 aliphatic rings. The van der Waals surface area contributed by atoms with Gasteiger partial charge in [0.2, 0.25) is 0 Å². The van der Waals surface area contributed by atoms with E-state index in [2.05, 4.69) is 52.0 Å². The molecule has 0 heterocycles. The highest BCUT2D eigenvalue weighted by Gasteiger charge is 2.27. The average Bonchev–Trinajstić information content (AvgIpc) is 2.84. The van der Waals surface area contributed by atoms with E-state index in [0.29, 0.717) is 13.2 Å². The van der Waals surface area contributed by atoms with Crippen molar-refractivity contribution >= 4 is 11.9 Å². The number of aryl methyl sites for hydroxylation is 3. The number of ether oxygens (including phenoxy) is 2. The van der Waals surface area contributed by atoms with E-state index in [0.717, 1.165) is 30.4 Å². The standard InChI is InChI=1S/C16H24O2.C15H22O2/c1-7-16(5,6)15(17)18-10-14-8-11(2)13(4)12(3)9-14;1-5-12-7-9-13(10-8-12)11-17-14(16)15(3,4)6-2/h8-9H,7,10H2,1-6H3;7-10H,5-6,11H2,1-4H3. The van der Waals surface area contributed by atoms with Gasteiger partial charge in [0.15, 0.2) is 0 Å². The van der Waals surface area contributed by atoms with Gasteiger partial charge in [0.1, 0.15) is 13.2 Å². The molecule has 0 saturated heterocycles. The van der Waals surface area contributed by atoms with Gasteiger partial charge in [-0.05, 0) is 101 Å². The topological polar surface area (TPSA) is 52.6 Å². The van der Waals surface area contributed by atoms with Gasteiger partial charge < -0.3 is 9.47 Å². The molecule has 0 saturated carbocycles. The van der Waals surface area contributed by atoms with Crippen molar-refractivity contribution in [2.75, 3.05) is 0 Å². The molecule has 0 N–H and O–H groups in total. The number of carbonyl (C=O) groups excluding carboxylic acids is 2. The molecule has 0 aromatic heterocycles. The first-order valence-electron chi connectivity index (χ1n) is 12.8. The van der Waals surface area contributed by atoms with E-state index in [4.69, 9.17) is 9.47 Å². The summed E-state index contributed by atoms with van der Waals surface area (Å²) in [7, 11) is 0. The van der Waals surface area contributed by atoms with Gasteiger partial charge >= 0.3 is 11.9 Å².